The first-order valence-corrected chi connectivity index (χ1v) is 5.42. The summed E-state index contributed by atoms with van der Waals surface area (Å²) in [4.78, 5) is 19.6. The lowest BCUT2D eigenvalue weighted by Crippen LogP contribution is -2.01. The Bertz CT molecular complexity index is 698. The zero-order chi connectivity index (χ0) is 12.0. The van der Waals surface area contributed by atoms with Gasteiger partial charge in [-0.15, -0.1) is 0 Å². The van der Waals surface area contributed by atoms with Crippen molar-refractivity contribution >= 4 is 22.8 Å². The lowest BCUT2D eigenvalue weighted by molar-refractivity contribution is 0.948. The van der Waals surface area contributed by atoms with E-state index in [0.29, 0.717) is 11.5 Å². The predicted molar refractivity (Wildman–Crippen MR) is 63.3 cm³/mol. The summed E-state index contributed by atoms with van der Waals surface area (Å²) in [6.45, 7) is 3.92. The van der Waals surface area contributed by atoms with E-state index in [9.17, 15) is 0 Å². The highest BCUT2D eigenvalue weighted by molar-refractivity contribution is 6.28. The van der Waals surface area contributed by atoms with E-state index < -0.39 is 0 Å². The standard InChI is InChI=1S/C10H9ClN6/c1-5-6(2)17(4-14-5)9-7-8(13-3-12-7)15-10(11)16-9/h3-4H,1-2H3,(H,12,13,15,16). The van der Waals surface area contributed by atoms with Gasteiger partial charge in [0.05, 0.1) is 12.0 Å². The Labute approximate surface area is 102 Å². The van der Waals surface area contributed by atoms with Crippen molar-refractivity contribution in [2.75, 3.05) is 0 Å². The molecule has 0 fully saturated rings. The van der Waals surface area contributed by atoms with Crippen molar-refractivity contribution in [3.05, 3.63) is 29.3 Å². The fourth-order valence-corrected chi connectivity index (χ4v) is 1.84. The average Bonchev–Trinajstić information content (AvgIpc) is 2.87. The minimum atomic E-state index is 0.172. The van der Waals surface area contributed by atoms with Crippen LogP contribution in [0.15, 0.2) is 12.7 Å². The number of aromatic nitrogens is 6. The number of aryl methyl sites for hydroxylation is 1. The first-order valence-electron chi connectivity index (χ1n) is 5.04. The minimum Gasteiger partial charge on any atom is -0.340 e. The maximum Gasteiger partial charge on any atom is 0.226 e. The minimum absolute atomic E-state index is 0.172. The molecule has 17 heavy (non-hydrogen) atoms. The molecular formula is C10H9ClN6. The average molecular weight is 249 g/mol. The van der Waals surface area contributed by atoms with Gasteiger partial charge in [-0.05, 0) is 25.4 Å². The summed E-state index contributed by atoms with van der Waals surface area (Å²) in [6, 6.07) is 0. The molecule has 3 aromatic heterocycles. The Kier molecular flexibility index (Phi) is 2.12. The van der Waals surface area contributed by atoms with Crippen LogP contribution in [0.5, 0.6) is 0 Å². The lowest BCUT2D eigenvalue weighted by Gasteiger charge is -2.05. The molecule has 6 nitrogen and oxygen atoms in total. The van der Waals surface area contributed by atoms with Gasteiger partial charge in [-0.3, -0.25) is 4.57 Å². The molecule has 0 saturated heterocycles. The van der Waals surface area contributed by atoms with Crippen LogP contribution in [-0.4, -0.2) is 29.5 Å². The van der Waals surface area contributed by atoms with Crippen LogP contribution >= 0.6 is 11.6 Å². The number of H-pyrrole nitrogens is 1. The van der Waals surface area contributed by atoms with E-state index in [2.05, 4.69) is 24.9 Å². The van der Waals surface area contributed by atoms with Crippen molar-refractivity contribution in [2.45, 2.75) is 13.8 Å². The summed E-state index contributed by atoms with van der Waals surface area (Å²) in [6.07, 6.45) is 3.28. The molecule has 3 aromatic rings. The van der Waals surface area contributed by atoms with Crippen LogP contribution in [0, 0.1) is 13.8 Å². The summed E-state index contributed by atoms with van der Waals surface area (Å²) in [5, 5.41) is 0.172. The Morgan fingerprint density at radius 1 is 1.24 bits per heavy atom. The zero-order valence-corrected chi connectivity index (χ0v) is 10.0. The molecule has 0 radical (unpaired) electrons. The van der Waals surface area contributed by atoms with Crippen molar-refractivity contribution in [3.8, 4) is 5.82 Å². The third-order valence-electron chi connectivity index (χ3n) is 2.72. The lowest BCUT2D eigenvalue weighted by atomic mass is 10.3. The Hall–Kier alpha value is -1.95. The van der Waals surface area contributed by atoms with Gasteiger partial charge >= 0.3 is 0 Å². The number of nitrogens with zero attached hydrogens (tertiary/aromatic N) is 5. The summed E-state index contributed by atoms with van der Waals surface area (Å²) in [5.74, 6) is 0.663. The Morgan fingerprint density at radius 2 is 2.06 bits per heavy atom. The van der Waals surface area contributed by atoms with Crippen molar-refractivity contribution < 1.29 is 0 Å². The zero-order valence-electron chi connectivity index (χ0n) is 9.27. The second-order valence-corrected chi connectivity index (χ2v) is 4.04. The van der Waals surface area contributed by atoms with Crippen LogP contribution in [-0.2, 0) is 0 Å². The molecule has 0 aliphatic heterocycles. The largest absolute Gasteiger partial charge is 0.340 e. The highest BCUT2D eigenvalue weighted by Crippen LogP contribution is 2.20. The van der Waals surface area contributed by atoms with Gasteiger partial charge in [0.1, 0.15) is 11.8 Å². The maximum atomic E-state index is 5.88. The number of halogens is 1. The van der Waals surface area contributed by atoms with Gasteiger partial charge in [-0.2, -0.15) is 9.97 Å². The molecule has 0 amide bonds. The van der Waals surface area contributed by atoms with E-state index in [1.54, 1.807) is 12.7 Å². The first-order chi connectivity index (χ1) is 8.16. The summed E-state index contributed by atoms with van der Waals surface area (Å²) in [7, 11) is 0. The second kappa shape index (κ2) is 3.53. The summed E-state index contributed by atoms with van der Waals surface area (Å²) < 4.78 is 1.86. The number of nitrogens with one attached hydrogen (secondary N) is 1. The summed E-state index contributed by atoms with van der Waals surface area (Å²) in [5.41, 5.74) is 3.25. The number of fused-ring (bicyclic) bond motifs is 1. The molecule has 0 aliphatic carbocycles. The van der Waals surface area contributed by atoms with Gasteiger partial charge in [0.25, 0.3) is 0 Å². The molecular weight excluding hydrogens is 240 g/mol. The maximum absolute atomic E-state index is 5.88. The van der Waals surface area contributed by atoms with Crippen LogP contribution in [0.25, 0.3) is 17.0 Å². The molecule has 0 aromatic carbocycles. The molecule has 0 spiro atoms. The normalized spacial score (nSPS) is 11.2. The molecule has 0 atom stereocenters. The van der Waals surface area contributed by atoms with Gasteiger partial charge in [0.15, 0.2) is 11.5 Å². The molecule has 7 heteroatoms. The van der Waals surface area contributed by atoms with Crippen LogP contribution in [0.1, 0.15) is 11.4 Å². The van der Waals surface area contributed by atoms with Crippen molar-refractivity contribution in [1.29, 1.82) is 0 Å². The van der Waals surface area contributed by atoms with Gasteiger partial charge in [-0.25, -0.2) is 9.97 Å². The molecule has 0 bridgehead atoms. The van der Waals surface area contributed by atoms with E-state index in [1.807, 2.05) is 18.4 Å². The quantitative estimate of drug-likeness (QED) is 0.667. The molecule has 0 aliphatic rings. The number of hydrogen-bond acceptors (Lipinski definition) is 4. The molecule has 3 heterocycles. The van der Waals surface area contributed by atoms with Crippen molar-refractivity contribution in [3.63, 3.8) is 0 Å². The third kappa shape index (κ3) is 1.49. The highest BCUT2D eigenvalue weighted by atomic mass is 35.5. The van der Waals surface area contributed by atoms with Gasteiger partial charge in [0, 0.05) is 5.69 Å². The Morgan fingerprint density at radius 3 is 2.76 bits per heavy atom. The first kappa shape index (κ1) is 10.2. The second-order valence-electron chi connectivity index (χ2n) is 3.70. The molecule has 0 saturated carbocycles. The third-order valence-corrected chi connectivity index (χ3v) is 2.89. The number of hydrogen-bond donors (Lipinski definition) is 1. The SMILES string of the molecule is Cc1ncn(-c2nc(Cl)nc3nc[nH]c23)c1C. The van der Waals surface area contributed by atoms with E-state index in [-0.39, 0.29) is 5.28 Å². The van der Waals surface area contributed by atoms with E-state index in [4.69, 9.17) is 11.6 Å². The smallest absolute Gasteiger partial charge is 0.226 e. The van der Waals surface area contributed by atoms with Crippen LogP contribution in [0.2, 0.25) is 5.28 Å². The molecule has 86 valence electrons. The van der Waals surface area contributed by atoms with Crippen LogP contribution in [0.4, 0.5) is 0 Å². The monoisotopic (exact) mass is 248 g/mol. The van der Waals surface area contributed by atoms with E-state index in [0.717, 1.165) is 16.9 Å². The fraction of sp³-hybridized carbons (Fsp3) is 0.200. The number of rotatable bonds is 1. The highest BCUT2D eigenvalue weighted by Gasteiger charge is 2.13. The molecule has 1 N–H and O–H groups in total. The van der Waals surface area contributed by atoms with Gasteiger partial charge in [0.2, 0.25) is 5.28 Å². The number of aromatic amines is 1. The predicted octanol–water partition coefficient (Wildman–Crippen LogP) is 1.81. The Balaban J connectivity index is 2.36. The van der Waals surface area contributed by atoms with Crippen LogP contribution < -0.4 is 0 Å². The van der Waals surface area contributed by atoms with Crippen LogP contribution in [0.3, 0.4) is 0 Å². The van der Waals surface area contributed by atoms with E-state index >= 15 is 0 Å². The molecule has 0 unspecified atom stereocenters. The number of imidazole rings is 2. The fourth-order valence-electron chi connectivity index (χ4n) is 1.68. The van der Waals surface area contributed by atoms with Crippen molar-refractivity contribution in [1.82, 2.24) is 29.5 Å². The van der Waals surface area contributed by atoms with Gasteiger partial charge < -0.3 is 4.98 Å². The van der Waals surface area contributed by atoms with E-state index in [1.165, 1.54) is 0 Å². The summed E-state index contributed by atoms with van der Waals surface area (Å²) >= 11 is 5.88. The topological polar surface area (TPSA) is 72.3 Å². The van der Waals surface area contributed by atoms with Gasteiger partial charge in [-0.1, -0.05) is 0 Å². The van der Waals surface area contributed by atoms with Crippen molar-refractivity contribution in [2.24, 2.45) is 0 Å². The molecule has 3 rings (SSSR count).